The van der Waals surface area contributed by atoms with Crippen molar-refractivity contribution in [3.8, 4) is 0 Å². The lowest BCUT2D eigenvalue weighted by atomic mass is 10.0. The molecule has 0 bridgehead atoms. The zero-order valence-corrected chi connectivity index (χ0v) is 11.5. The van der Waals surface area contributed by atoms with Gasteiger partial charge < -0.3 is 15.4 Å². The molecule has 2 N–H and O–H groups in total. The summed E-state index contributed by atoms with van der Waals surface area (Å²) in [7, 11) is 0. The number of hydrogen-bond donors (Lipinski definition) is 1. The molecule has 0 aromatic heterocycles. The number of carbonyl (C=O) groups excluding carboxylic acids is 1. The lowest BCUT2D eigenvalue weighted by molar-refractivity contribution is -0.122. The summed E-state index contributed by atoms with van der Waals surface area (Å²) in [5, 5.41) is 0. The van der Waals surface area contributed by atoms with Crippen LogP contribution in [-0.4, -0.2) is 42.1 Å². The molecule has 0 spiro atoms. The van der Waals surface area contributed by atoms with E-state index in [0.29, 0.717) is 6.54 Å². The van der Waals surface area contributed by atoms with Crippen LogP contribution in [0.2, 0.25) is 0 Å². The molecule has 0 saturated carbocycles. The maximum absolute atomic E-state index is 13.7. The summed E-state index contributed by atoms with van der Waals surface area (Å²) in [5.74, 6) is -2.69. The highest BCUT2D eigenvalue weighted by molar-refractivity contribution is 5.94. The Balaban J connectivity index is 2.26. The van der Waals surface area contributed by atoms with E-state index in [0.717, 1.165) is 6.07 Å². The number of nitrogens with two attached hydrogens (primary N) is 1. The third-order valence-corrected chi connectivity index (χ3v) is 3.21. The van der Waals surface area contributed by atoms with Crippen molar-refractivity contribution in [1.82, 2.24) is 4.90 Å². The molecule has 0 aliphatic carbocycles. The van der Waals surface area contributed by atoms with E-state index in [-0.39, 0.29) is 24.8 Å². The van der Waals surface area contributed by atoms with Crippen LogP contribution in [0.5, 0.6) is 0 Å². The number of carbonyl (C=O) groups is 1. The minimum absolute atomic E-state index is 0.263. The standard InChI is InChI=1S/C14H18F2N2O2/c1-14(2)8-18(7-9(6-17)20-14)13(19)10-4-3-5-11(15)12(10)16/h3-5,9H,6-8,17H2,1-2H3. The molecule has 0 radical (unpaired) electrons. The molecule has 1 saturated heterocycles. The Kier molecular flexibility index (Phi) is 4.06. The predicted octanol–water partition coefficient (Wildman–Crippen LogP) is 1.54. The number of hydrogen-bond acceptors (Lipinski definition) is 3. The second-order valence-electron chi connectivity index (χ2n) is 5.52. The molecule has 1 unspecified atom stereocenters. The Morgan fingerprint density at radius 3 is 2.85 bits per heavy atom. The predicted molar refractivity (Wildman–Crippen MR) is 70.3 cm³/mol. The molecule has 1 aliphatic rings. The maximum Gasteiger partial charge on any atom is 0.257 e. The van der Waals surface area contributed by atoms with Gasteiger partial charge >= 0.3 is 0 Å². The molecule has 1 aromatic rings. The van der Waals surface area contributed by atoms with Crippen molar-refractivity contribution >= 4 is 5.91 Å². The molecule has 1 amide bonds. The Morgan fingerprint density at radius 1 is 1.50 bits per heavy atom. The Morgan fingerprint density at radius 2 is 2.20 bits per heavy atom. The van der Waals surface area contributed by atoms with Crippen molar-refractivity contribution in [1.29, 1.82) is 0 Å². The van der Waals surface area contributed by atoms with Gasteiger partial charge in [-0.25, -0.2) is 8.78 Å². The van der Waals surface area contributed by atoms with E-state index in [1.165, 1.54) is 17.0 Å². The van der Waals surface area contributed by atoms with Crippen molar-refractivity contribution in [2.75, 3.05) is 19.6 Å². The van der Waals surface area contributed by atoms with E-state index in [4.69, 9.17) is 10.5 Å². The average Bonchev–Trinajstić information content (AvgIpc) is 2.39. The van der Waals surface area contributed by atoms with E-state index >= 15 is 0 Å². The first-order valence-electron chi connectivity index (χ1n) is 6.45. The Labute approximate surface area is 116 Å². The number of rotatable bonds is 2. The summed E-state index contributed by atoms with van der Waals surface area (Å²) in [6.07, 6.45) is -0.306. The van der Waals surface area contributed by atoms with Crippen LogP contribution in [-0.2, 0) is 4.74 Å². The molecular weight excluding hydrogens is 266 g/mol. The molecule has 1 aliphatic heterocycles. The second-order valence-corrected chi connectivity index (χ2v) is 5.52. The summed E-state index contributed by atoms with van der Waals surface area (Å²) in [6, 6.07) is 3.58. The third-order valence-electron chi connectivity index (χ3n) is 3.21. The normalized spacial score (nSPS) is 21.9. The summed E-state index contributed by atoms with van der Waals surface area (Å²) in [6.45, 7) is 4.50. The average molecular weight is 284 g/mol. The number of morpholine rings is 1. The first kappa shape index (κ1) is 14.9. The molecule has 6 heteroatoms. The van der Waals surface area contributed by atoms with Crippen LogP contribution in [0.4, 0.5) is 8.78 Å². The van der Waals surface area contributed by atoms with Crippen LogP contribution in [0.1, 0.15) is 24.2 Å². The molecule has 20 heavy (non-hydrogen) atoms. The minimum atomic E-state index is -1.12. The van der Waals surface area contributed by atoms with Gasteiger partial charge in [0.05, 0.1) is 17.3 Å². The van der Waals surface area contributed by atoms with E-state index < -0.39 is 23.1 Å². The lowest BCUT2D eigenvalue weighted by Crippen LogP contribution is -2.56. The second kappa shape index (κ2) is 5.46. The lowest BCUT2D eigenvalue weighted by Gasteiger charge is -2.42. The van der Waals surface area contributed by atoms with Gasteiger partial charge in [-0.1, -0.05) is 6.07 Å². The van der Waals surface area contributed by atoms with Crippen molar-refractivity contribution in [3.05, 3.63) is 35.4 Å². The quantitative estimate of drug-likeness (QED) is 0.896. The molecule has 110 valence electrons. The van der Waals surface area contributed by atoms with Crippen LogP contribution in [0.25, 0.3) is 0 Å². The summed E-state index contributed by atoms with van der Waals surface area (Å²) >= 11 is 0. The SMILES string of the molecule is CC1(C)CN(C(=O)c2cccc(F)c2F)CC(CN)O1. The van der Waals surface area contributed by atoms with Crippen molar-refractivity contribution in [2.45, 2.75) is 25.6 Å². The maximum atomic E-state index is 13.7. The van der Waals surface area contributed by atoms with Gasteiger partial charge in [-0.2, -0.15) is 0 Å². The van der Waals surface area contributed by atoms with Crippen LogP contribution in [0.15, 0.2) is 18.2 Å². The summed E-state index contributed by atoms with van der Waals surface area (Å²) in [4.78, 5) is 13.8. The fourth-order valence-electron chi connectivity index (χ4n) is 2.41. The van der Waals surface area contributed by atoms with Crippen LogP contribution < -0.4 is 5.73 Å². The third kappa shape index (κ3) is 2.96. The smallest absolute Gasteiger partial charge is 0.257 e. The van der Waals surface area contributed by atoms with E-state index in [1.807, 2.05) is 13.8 Å². The molecule has 1 fully saturated rings. The van der Waals surface area contributed by atoms with Crippen molar-refractivity contribution < 1.29 is 18.3 Å². The zero-order valence-electron chi connectivity index (χ0n) is 11.5. The van der Waals surface area contributed by atoms with Gasteiger partial charge in [0.1, 0.15) is 0 Å². The molecule has 1 atom stereocenters. The number of amides is 1. The van der Waals surface area contributed by atoms with Gasteiger partial charge in [-0.15, -0.1) is 0 Å². The highest BCUT2D eigenvalue weighted by Gasteiger charge is 2.36. The molecule has 2 rings (SSSR count). The molecular formula is C14H18F2N2O2. The number of benzene rings is 1. The first-order valence-corrected chi connectivity index (χ1v) is 6.45. The molecule has 1 heterocycles. The van der Waals surface area contributed by atoms with Crippen LogP contribution >= 0.6 is 0 Å². The van der Waals surface area contributed by atoms with Crippen molar-refractivity contribution in [3.63, 3.8) is 0 Å². The Bertz CT molecular complexity index is 520. The fraction of sp³-hybridized carbons (Fsp3) is 0.500. The largest absolute Gasteiger partial charge is 0.367 e. The fourth-order valence-corrected chi connectivity index (χ4v) is 2.41. The van der Waals surface area contributed by atoms with Crippen LogP contribution in [0, 0.1) is 11.6 Å². The van der Waals surface area contributed by atoms with E-state index in [2.05, 4.69) is 0 Å². The van der Waals surface area contributed by atoms with Gasteiger partial charge in [0, 0.05) is 19.6 Å². The van der Waals surface area contributed by atoms with E-state index in [1.54, 1.807) is 0 Å². The summed E-state index contributed by atoms with van der Waals surface area (Å²) < 4.78 is 32.6. The first-order chi connectivity index (χ1) is 9.34. The van der Waals surface area contributed by atoms with E-state index in [9.17, 15) is 13.6 Å². The van der Waals surface area contributed by atoms with Gasteiger partial charge in [-0.05, 0) is 26.0 Å². The topological polar surface area (TPSA) is 55.6 Å². The summed E-state index contributed by atoms with van der Waals surface area (Å²) in [5.41, 5.74) is 4.75. The monoisotopic (exact) mass is 284 g/mol. The number of halogens is 2. The minimum Gasteiger partial charge on any atom is -0.367 e. The Hall–Kier alpha value is -1.53. The van der Waals surface area contributed by atoms with Gasteiger partial charge in [0.2, 0.25) is 0 Å². The van der Waals surface area contributed by atoms with Crippen molar-refractivity contribution in [2.24, 2.45) is 5.73 Å². The van der Waals surface area contributed by atoms with Gasteiger partial charge in [-0.3, -0.25) is 4.79 Å². The molecule has 4 nitrogen and oxygen atoms in total. The number of ether oxygens (including phenoxy) is 1. The van der Waals surface area contributed by atoms with Gasteiger partial charge in [0.25, 0.3) is 5.91 Å². The highest BCUT2D eigenvalue weighted by Crippen LogP contribution is 2.23. The van der Waals surface area contributed by atoms with Gasteiger partial charge in [0.15, 0.2) is 11.6 Å². The number of nitrogens with zero attached hydrogens (tertiary/aromatic N) is 1. The molecule has 1 aromatic carbocycles. The highest BCUT2D eigenvalue weighted by atomic mass is 19.2. The zero-order chi connectivity index (χ0) is 14.9. The van der Waals surface area contributed by atoms with Crippen LogP contribution in [0.3, 0.4) is 0 Å².